The van der Waals surface area contributed by atoms with Gasteiger partial charge in [0, 0.05) is 24.8 Å². The Hall–Kier alpha value is -1.01. The zero-order valence-corrected chi connectivity index (χ0v) is 18.5. The van der Waals surface area contributed by atoms with E-state index in [0.717, 1.165) is 0 Å². The maximum atomic E-state index is 12.6. The first-order chi connectivity index (χ1) is 13.1. The van der Waals surface area contributed by atoms with Crippen molar-refractivity contribution < 1.29 is 14.7 Å². The number of halogens is 3. The summed E-state index contributed by atoms with van der Waals surface area (Å²) in [6.07, 6.45) is 1.24. The van der Waals surface area contributed by atoms with Crippen LogP contribution in [0.2, 0.25) is 0 Å². The van der Waals surface area contributed by atoms with Crippen LogP contribution in [0.15, 0.2) is 21.4 Å². The molecule has 0 spiro atoms. The molecule has 152 valence electrons. The first-order valence-corrected chi connectivity index (χ1v) is 11.2. The largest absolute Gasteiger partial charge is 0.477 e. The number of aliphatic carboxylic acids is 1. The van der Waals surface area contributed by atoms with E-state index in [1.807, 2.05) is 0 Å². The number of carbonyl (C=O) groups excluding carboxylic acids is 1. The lowest BCUT2D eigenvalue weighted by Crippen LogP contribution is -2.64. The van der Waals surface area contributed by atoms with E-state index in [9.17, 15) is 14.7 Å². The molecule has 1 N–H and O–H groups in total. The minimum atomic E-state index is -1.42. The molecule has 0 radical (unpaired) electrons. The van der Waals surface area contributed by atoms with Crippen molar-refractivity contribution in [3.63, 3.8) is 0 Å². The van der Waals surface area contributed by atoms with Crippen LogP contribution in [0.4, 0.5) is 0 Å². The van der Waals surface area contributed by atoms with Crippen molar-refractivity contribution in [2.45, 2.75) is 33.2 Å². The zero-order valence-electron chi connectivity index (χ0n) is 14.6. The number of aryl methyl sites for hydroxylation is 1. The molecular weight excluding hydrogens is 471 g/mol. The van der Waals surface area contributed by atoms with Gasteiger partial charge >= 0.3 is 5.97 Å². The highest BCUT2D eigenvalue weighted by atomic mass is 35.5. The molecule has 1 unspecified atom stereocenters. The third-order valence-electron chi connectivity index (χ3n) is 4.12. The monoisotopic (exact) mass is 484 g/mol. The van der Waals surface area contributed by atoms with Crippen LogP contribution in [0.25, 0.3) is 0 Å². The van der Waals surface area contributed by atoms with Crippen LogP contribution in [0.5, 0.6) is 0 Å². The minimum absolute atomic E-state index is 0.0171. The van der Waals surface area contributed by atoms with Gasteiger partial charge in [0.05, 0.1) is 5.38 Å². The lowest BCUT2D eigenvalue weighted by Gasteiger charge is -2.48. The van der Waals surface area contributed by atoms with E-state index in [0.29, 0.717) is 22.2 Å². The number of amides is 1. The molecule has 3 atom stereocenters. The second-order valence-electron chi connectivity index (χ2n) is 6.05. The molecule has 1 amide bonds. The van der Waals surface area contributed by atoms with E-state index in [2.05, 4.69) is 20.5 Å². The first kappa shape index (κ1) is 21.7. The number of aliphatic imine (C=N–C) groups is 1. The number of hydrogen-bond donors (Lipinski definition) is 1. The lowest BCUT2D eigenvalue weighted by molar-refractivity contribution is -0.147. The third-order valence-corrected chi connectivity index (χ3v) is 7.96. The first-order valence-electron chi connectivity index (χ1n) is 7.95. The molecule has 0 aromatic carbocycles. The second-order valence-corrected chi connectivity index (χ2v) is 10.2. The Kier molecular flexibility index (Phi) is 6.50. The van der Waals surface area contributed by atoms with E-state index in [1.54, 1.807) is 14.0 Å². The molecule has 0 bridgehead atoms. The summed E-state index contributed by atoms with van der Waals surface area (Å²) in [7, 11) is 1.69. The smallest absolute Gasteiger partial charge is 0.352 e. The number of carboxylic acids is 1. The molecule has 1 aromatic rings. The molecule has 2 aliphatic rings. The number of rotatable bonds is 7. The highest BCUT2D eigenvalue weighted by Gasteiger charge is 2.53. The minimum Gasteiger partial charge on any atom is -0.477 e. The van der Waals surface area contributed by atoms with Gasteiger partial charge in [-0.15, -0.1) is 28.5 Å². The number of nitrogens with zero attached hydrogens (tertiary/aromatic N) is 6. The summed E-state index contributed by atoms with van der Waals surface area (Å²) in [6.45, 7) is 1.61. The van der Waals surface area contributed by atoms with Crippen LogP contribution in [0, 0.1) is 0 Å². The van der Waals surface area contributed by atoms with Crippen molar-refractivity contribution in [1.82, 2.24) is 25.1 Å². The number of thioether (sulfide) groups is 2. The van der Waals surface area contributed by atoms with Crippen LogP contribution in [0.1, 0.15) is 6.92 Å². The van der Waals surface area contributed by atoms with Gasteiger partial charge in [-0.2, -0.15) is 0 Å². The van der Waals surface area contributed by atoms with Gasteiger partial charge in [0.15, 0.2) is 10.4 Å². The predicted molar refractivity (Wildman–Crippen MR) is 109 cm³/mol. The average molecular weight is 486 g/mol. The molecule has 28 heavy (non-hydrogen) atoms. The van der Waals surface area contributed by atoms with E-state index < -0.39 is 33.0 Å². The van der Waals surface area contributed by atoms with Crippen LogP contribution in [0.3, 0.4) is 0 Å². The van der Waals surface area contributed by atoms with Crippen LogP contribution in [-0.2, 0) is 16.6 Å². The highest BCUT2D eigenvalue weighted by molar-refractivity contribution is 8.01. The molecule has 3 rings (SSSR count). The van der Waals surface area contributed by atoms with E-state index in [-0.39, 0.29) is 5.70 Å². The second kappa shape index (κ2) is 8.39. The maximum Gasteiger partial charge on any atom is 0.352 e. The standard InChI is InChI=1S/C14H15Cl3N6O3S2/c1-6(15)14(16,17)5-18-8-10(24)23-9(12(25)26)7(3-27-11(8)23)4-28-13-19-20-21-22(13)2/h5-6,8,11H,3-4H2,1-2H3,(H,25,26)/t6?,8-,11+/m1/s1. The Morgan fingerprint density at radius 2 is 2.29 bits per heavy atom. The normalized spacial score (nSPS) is 23.8. The Balaban J connectivity index is 1.77. The Morgan fingerprint density at radius 3 is 2.86 bits per heavy atom. The Morgan fingerprint density at radius 1 is 1.57 bits per heavy atom. The van der Waals surface area contributed by atoms with Crippen molar-refractivity contribution in [3.8, 4) is 0 Å². The molecule has 14 heteroatoms. The van der Waals surface area contributed by atoms with Gasteiger partial charge in [-0.25, -0.2) is 9.48 Å². The van der Waals surface area contributed by atoms with Crippen molar-refractivity contribution in [3.05, 3.63) is 11.3 Å². The number of tetrazole rings is 1. The molecule has 3 heterocycles. The van der Waals surface area contributed by atoms with Gasteiger partial charge in [-0.05, 0) is 22.9 Å². The zero-order chi connectivity index (χ0) is 20.6. The number of hydrogen-bond acceptors (Lipinski definition) is 8. The summed E-state index contributed by atoms with van der Waals surface area (Å²) in [4.78, 5) is 29.8. The molecule has 0 aliphatic carbocycles. The Bertz CT molecular complexity index is 859. The highest BCUT2D eigenvalue weighted by Crippen LogP contribution is 2.43. The number of alkyl halides is 3. The van der Waals surface area contributed by atoms with Gasteiger partial charge in [0.2, 0.25) is 5.16 Å². The molecular formula is C14H15Cl3N6O3S2. The van der Waals surface area contributed by atoms with Gasteiger partial charge in [-0.1, -0.05) is 35.0 Å². The molecule has 1 fully saturated rings. The predicted octanol–water partition coefficient (Wildman–Crippen LogP) is 1.80. The maximum absolute atomic E-state index is 12.6. The summed E-state index contributed by atoms with van der Waals surface area (Å²) in [5.74, 6) is -0.783. The topological polar surface area (TPSA) is 114 Å². The number of carbonyl (C=O) groups is 2. The molecule has 9 nitrogen and oxygen atoms in total. The van der Waals surface area contributed by atoms with Crippen LogP contribution >= 0.6 is 58.3 Å². The quantitative estimate of drug-likeness (QED) is 0.269. The van der Waals surface area contributed by atoms with Crippen molar-refractivity contribution >= 4 is 76.4 Å². The molecule has 2 aliphatic heterocycles. The van der Waals surface area contributed by atoms with Crippen LogP contribution in [-0.4, -0.2) is 80.9 Å². The van der Waals surface area contributed by atoms with Crippen molar-refractivity contribution in [2.24, 2.45) is 12.0 Å². The molecule has 1 saturated heterocycles. The van der Waals surface area contributed by atoms with Crippen LogP contribution < -0.4 is 0 Å². The molecule has 0 saturated carbocycles. The third kappa shape index (κ3) is 4.13. The SMILES string of the molecule is CC(Cl)C(Cl)(Cl)C=N[C@@H]1C(=O)N2C(C(=O)O)=C(CSc3nnnn3C)CS[C@@H]12. The fraction of sp³-hybridized carbons (Fsp3) is 0.571. The number of aromatic nitrogens is 4. The van der Waals surface area contributed by atoms with Gasteiger partial charge in [0.1, 0.15) is 11.1 Å². The van der Waals surface area contributed by atoms with Crippen molar-refractivity contribution in [1.29, 1.82) is 0 Å². The van der Waals surface area contributed by atoms with E-state index >= 15 is 0 Å². The number of carboxylic acid groups (broad SMARTS) is 1. The van der Waals surface area contributed by atoms with Gasteiger partial charge in [-0.3, -0.25) is 14.7 Å². The lowest BCUT2D eigenvalue weighted by atomic mass is 10.0. The number of fused-ring (bicyclic) bond motifs is 1. The Labute approximate surface area is 183 Å². The fourth-order valence-corrected chi connectivity index (χ4v) is 5.05. The summed E-state index contributed by atoms with van der Waals surface area (Å²) in [5.41, 5.74) is 0.604. The van der Waals surface area contributed by atoms with E-state index in [4.69, 9.17) is 34.8 Å². The summed E-state index contributed by atoms with van der Waals surface area (Å²) < 4.78 is 0.0748. The van der Waals surface area contributed by atoms with Crippen molar-refractivity contribution in [2.75, 3.05) is 11.5 Å². The summed E-state index contributed by atoms with van der Waals surface area (Å²) in [5, 5.41) is 20.3. The van der Waals surface area contributed by atoms with Gasteiger partial charge in [0.25, 0.3) is 5.91 Å². The number of β-lactam (4-membered cyclic amide) rings is 1. The summed E-state index contributed by atoms with van der Waals surface area (Å²) >= 11 is 20.7. The summed E-state index contributed by atoms with van der Waals surface area (Å²) in [6, 6.07) is -0.746. The van der Waals surface area contributed by atoms with Gasteiger partial charge < -0.3 is 5.11 Å². The van der Waals surface area contributed by atoms with E-state index in [1.165, 1.54) is 39.3 Å². The fourth-order valence-electron chi connectivity index (χ4n) is 2.56. The average Bonchev–Trinajstić information content (AvgIpc) is 3.03. The molecule has 1 aromatic heterocycles.